The van der Waals surface area contributed by atoms with Gasteiger partial charge in [-0.15, -0.1) is 0 Å². The molecule has 1 aromatic rings. The highest BCUT2D eigenvalue weighted by molar-refractivity contribution is 5.29. The third-order valence-corrected chi connectivity index (χ3v) is 4.05. The molecule has 0 saturated heterocycles. The van der Waals surface area contributed by atoms with Crippen molar-refractivity contribution in [1.82, 2.24) is 4.90 Å². The predicted octanol–water partition coefficient (Wildman–Crippen LogP) is 3.36. The molecule has 0 heterocycles. The fourth-order valence-corrected chi connectivity index (χ4v) is 2.52. The van der Waals surface area contributed by atoms with Gasteiger partial charge in [0.15, 0.2) is 0 Å². The van der Waals surface area contributed by atoms with Gasteiger partial charge >= 0.3 is 0 Å². The Bertz CT molecular complexity index is 371. The Balaban J connectivity index is 3.08. The topological polar surface area (TPSA) is 29.3 Å². The number of aryl methyl sites for hydroxylation is 1. The van der Waals surface area contributed by atoms with E-state index < -0.39 is 0 Å². The normalized spacial score (nSPS) is 16.9. The van der Waals surface area contributed by atoms with Crippen LogP contribution in [0.25, 0.3) is 0 Å². The minimum atomic E-state index is 0.122. The van der Waals surface area contributed by atoms with Crippen molar-refractivity contribution in [3.8, 4) is 0 Å². The predicted molar refractivity (Wildman–Crippen MR) is 79.6 cm³/mol. The van der Waals surface area contributed by atoms with Crippen LogP contribution in [-0.4, -0.2) is 24.0 Å². The van der Waals surface area contributed by atoms with Crippen molar-refractivity contribution < 1.29 is 0 Å². The first-order chi connectivity index (χ1) is 8.36. The zero-order chi connectivity index (χ0) is 13.9. The van der Waals surface area contributed by atoms with Gasteiger partial charge in [0.2, 0.25) is 0 Å². The van der Waals surface area contributed by atoms with Crippen LogP contribution in [0.2, 0.25) is 0 Å². The Morgan fingerprint density at radius 2 is 1.61 bits per heavy atom. The molecule has 18 heavy (non-hydrogen) atoms. The number of hydrogen-bond acceptors (Lipinski definition) is 2. The molecular weight excluding hydrogens is 220 g/mol. The molecule has 0 aromatic heterocycles. The largest absolute Gasteiger partial charge is 0.326 e. The summed E-state index contributed by atoms with van der Waals surface area (Å²) in [5, 5.41) is 0. The summed E-state index contributed by atoms with van der Waals surface area (Å²) in [6.07, 6.45) is 0. The molecule has 0 aliphatic heterocycles. The average molecular weight is 248 g/mol. The number of rotatable bonds is 5. The molecule has 1 aromatic carbocycles. The summed E-state index contributed by atoms with van der Waals surface area (Å²) in [6, 6.07) is 9.47. The Morgan fingerprint density at radius 3 is 2.06 bits per heavy atom. The quantitative estimate of drug-likeness (QED) is 0.865. The van der Waals surface area contributed by atoms with Gasteiger partial charge in [0.25, 0.3) is 0 Å². The molecule has 0 spiro atoms. The van der Waals surface area contributed by atoms with E-state index in [1.807, 2.05) is 0 Å². The highest BCUT2D eigenvalue weighted by atomic mass is 15.2. The number of nitrogens with two attached hydrogens (primary N) is 1. The second-order valence-corrected chi connectivity index (χ2v) is 5.81. The van der Waals surface area contributed by atoms with Crippen LogP contribution in [-0.2, 0) is 0 Å². The van der Waals surface area contributed by atoms with E-state index in [1.54, 1.807) is 0 Å². The van der Waals surface area contributed by atoms with Crippen LogP contribution in [0, 0.1) is 12.8 Å². The molecule has 102 valence electrons. The van der Waals surface area contributed by atoms with Crippen molar-refractivity contribution >= 4 is 0 Å². The fourth-order valence-electron chi connectivity index (χ4n) is 2.52. The molecule has 0 amide bonds. The second kappa shape index (κ2) is 6.35. The summed E-state index contributed by atoms with van der Waals surface area (Å²) >= 11 is 0. The maximum atomic E-state index is 6.23. The molecule has 1 rings (SSSR count). The number of benzene rings is 1. The molecule has 2 N–H and O–H groups in total. The Morgan fingerprint density at radius 1 is 1.06 bits per heavy atom. The molecule has 2 heteroatoms. The number of nitrogens with zero attached hydrogens (tertiary/aromatic N) is 1. The smallest absolute Gasteiger partial charge is 0.0498 e. The maximum Gasteiger partial charge on any atom is 0.0498 e. The molecule has 2 nitrogen and oxygen atoms in total. The van der Waals surface area contributed by atoms with Gasteiger partial charge < -0.3 is 5.73 Å². The van der Waals surface area contributed by atoms with Gasteiger partial charge in [0.1, 0.15) is 0 Å². The lowest BCUT2D eigenvalue weighted by atomic mass is 9.92. The highest BCUT2D eigenvalue weighted by Crippen LogP contribution is 2.28. The van der Waals surface area contributed by atoms with Crippen LogP contribution in [0.4, 0.5) is 0 Å². The lowest BCUT2D eigenvalue weighted by Crippen LogP contribution is -2.44. The van der Waals surface area contributed by atoms with Crippen molar-refractivity contribution in [2.45, 2.75) is 52.7 Å². The summed E-state index contributed by atoms with van der Waals surface area (Å²) in [5.74, 6) is 0.625. The van der Waals surface area contributed by atoms with Crippen molar-refractivity contribution in [1.29, 1.82) is 0 Å². The SMILES string of the molecule is Cc1ccccc1C(C(C)N)N(C)C(C)C(C)C. The second-order valence-electron chi connectivity index (χ2n) is 5.81. The van der Waals surface area contributed by atoms with Crippen LogP contribution in [0.15, 0.2) is 24.3 Å². The van der Waals surface area contributed by atoms with Crippen molar-refractivity contribution in [3.05, 3.63) is 35.4 Å². The third-order valence-electron chi connectivity index (χ3n) is 4.05. The van der Waals surface area contributed by atoms with Gasteiger partial charge in [-0.1, -0.05) is 38.1 Å². The summed E-state index contributed by atoms with van der Waals surface area (Å²) in [4.78, 5) is 2.41. The fraction of sp³-hybridized carbons (Fsp3) is 0.625. The standard InChI is InChI=1S/C16H28N2/c1-11(2)14(5)18(6)16(13(4)17)15-10-8-7-9-12(15)3/h7-11,13-14,16H,17H2,1-6H3. The van der Waals surface area contributed by atoms with E-state index in [1.165, 1.54) is 11.1 Å². The molecule has 0 radical (unpaired) electrons. The van der Waals surface area contributed by atoms with Crippen molar-refractivity contribution in [2.75, 3.05) is 7.05 Å². The van der Waals surface area contributed by atoms with E-state index in [2.05, 4.69) is 70.8 Å². The molecular formula is C16H28N2. The van der Waals surface area contributed by atoms with E-state index in [-0.39, 0.29) is 12.1 Å². The van der Waals surface area contributed by atoms with E-state index in [0.717, 1.165) is 0 Å². The zero-order valence-corrected chi connectivity index (χ0v) is 12.6. The molecule has 0 fully saturated rings. The van der Waals surface area contributed by atoms with Crippen LogP contribution < -0.4 is 5.73 Å². The van der Waals surface area contributed by atoms with Crippen LogP contribution >= 0.6 is 0 Å². The molecule has 0 aliphatic rings. The Hall–Kier alpha value is -0.860. The summed E-state index contributed by atoms with van der Waals surface area (Å²) < 4.78 is 0. The summed E-state index contributed by atoms with van der Waals surface area (Å²) in [7, 11) is 2.19. The van der Waals surface area contributed by atoms with Gasteiger partial charge in [-0.05, 0) is 44.9 Å². The summed E-state index contributed by atoms with van der Waals surface area (Å²) in [5.41, 5.74) is 8.91. The first kappa shape index (κ1) is 15.2. The minimum absolute atomic E-state index is 0.122. The molecule has 3 unspecified atom stereocenters. The first-order valence-electron chi connectivity index (χ1n) is 6.89. The van der Waals surface area contributed by atoms with Crippen LogP contribution in [0.5, 0.6) is 0 Å². The van der Waals surface area contributed by atoms with E-state index in [0.29, 0.717) is 12.0 Å². The molecule has 0 bridgehead atoms. The first-order valence-corrected chi connectivity index (χ1v) is 6.89. The number of likely N-dealkylation sites (N-methyl/N-ethyl adjacent to an activating group) is 1. The van der Waals surface area contributed by atoms with E-state index >= 15 is 0 Å². The number of hydrogen-bond donors (Lipinski definition) is 1. The average Bonchev–Trinajstić information content (AvgIpc) is 2.30. The van der Waals surface area contributed by atoms with Gasteiger partial charge in [0, 0.05) is 18.1 Å². The van der Waals surface area contributed by atoms with Crippen molar-refractivity contribution in [2.24, 2.45) is 11.7 Å². The zero-order valence-electron chi connectivity index (χ0n) is 12.6. The summed E-state index contributed by atoms with van der Waals surface area (Å²) in [6.45, 7) is 11.1. The van der Waals surface area contributed by atoms with Crippen LogP contribution in [0.3, 0.4) is 0 Å². The minimum Gasteiger partial charge on any atom is -0.326 e. The van der Waals surface area contributed by atoms with Gasteiger partial charge in [-0.25, -0.2) is 0 Å². The van der Waals surface area contributed by atoms with Gasteiger partial charge in [-0.3, -0.25) is 4.90 Å². The van der Waals surface area contributed by atoms with Gasteiger partial charge in [-0.2, -0.15) is 0 Å². The Kier molecular flexibility index (Phi) is 5.36. The van der Waals surface area contributed by atoms with Crippen molar-refractivity contribution in [3.63, 3.8) is 0 Å². The molecule has 0 aliphatic carbocycles. The highest BCUT2D eigenvalue weighted by Gasteiger charge is 2.27. The van der Waals surface area contributed by atoms with E-state index in [9.17, 15) is 0 Å². The lowest BCUT2D eigenvalue weighted by molar-refractivity contribution is 0.132. The lowest BCUT2D eigenvalue weighted by Gasteiger charge is -2.38. The van der Waals surface area contributed by atoms with Crippen LogP contribution in [0.1, 0.15) is 44.9 Å². The molecule has 3 atom stereocenters. The third kappa shape index (κ3) is 3.33. The Labute approximate surface area is 112 Å². The van der Waals surface area contributed by atoms with E-state index in [4.69, 9.17) is 5.73 Å². The maximum absolute atomic E-state index is 6.23. The monoisotopic (exact) mass is 248 g/mol. The molecule has 0 saturated carbocycles. The van der Waals surface area contributed by atoms with Gasteiger partial charge in [0.05, 0.1) is 0 Å².